The molecule has 1 saturated carbocycles. The Morgan fingerprint density at radius 2 is 2.13 bits per heavy atom. The normalized spacial score (nSPS) is 28.4. The molecule has 2 amide bonds. The lowest BCUT2D eigenvalue weighted by Crippen LogP contribution is -2.31. The number of nitrogens with two attached hydrogens (primary N) is 1. The second kappa shape index (κ2) is 2.79. The zero-order valence-electron chi connectivity index (χ0n) is 7.84. The average molecular weight is 223 g/mol. The SMILES string of the molecule is Nc1ncc(CN2C(=O)C3CC3C2=O)s1. The molecule has 15 heavy (non-hydrogen) atoms. The van der Waals surface area contributed by atoms with Crippen molar-refractivity contribution in [3.63, 3.8) is 0 Å². The predicted octanol–water partition coefficient (Wildman–Crippen LogP) is 0.230. The maximum atomic E-state index is 11.6. The average Bonchev–Trinajstić information content (AvgIpc) is 2.85. The summed E-state index contributed by atoms with van der Waals surface area (Å²) >= 11 is 1.32. The monoisotopic (exact) mass is 223 g/mol. The minimum Gasteiger partial charge on any atom is -0.375 e. The van der Waals surface area contributed by atoms with E-state index in [9.17, 15) is 9.59 Å². The number of nitrogen functional groups attached to an aromatic ring is 1. The van der Waals surface area contributed by atoms with Crippen LogP contribution in [0, 0.1) is 11.8 Å². The summed E-state index contributed by atoms with van der Waals surface area (Å²) in [6.45, 7) is 0.333. The standard InChI is InChI=1S/C9H9N3O2S/c10-9-11-2-4(15-9)3-12-7(13)5-1-6(5)8(12)14/h2,5-6H,1,3H2,(H2,10,11). The van der Waals surface area contributed by atoms with Crippen molar-refractivity contribution in [2.75, 3.05) is 5.73 Å². The molecule has 3 rings (SSSR count). The molecule has 1 saturated heterocycles. The molecular weight excluding hydrogens is 214 g/mol. The number of nitrogens with zero attached hydrogens (tertiary/aromatic N) is 2. The number of imide groups is 1. The Balaban J connectivity index is 1.79. The lowest BCUT2D eigenvalue weighted by Gasteiger charge is -2.14. The molecule has 6 heteroatoms. The van der Waals surface area contributed by atoms with Gasteiger partial charge in [0.05, 0.1) is 18.4 Å². The van der Waals surface area contributed by atoms with Crippen LogP contribution in [0.4, 0.5) is 5.13 Å². The van der Waals surface area contributed by atoms with E-state index in [2.05, 4.69) is 4.98 Å². The summed E-state index contributed by atoms with van der Waals surface area (Å²) in [5.74, 6) is -0.112. The largest absolute Gasteiger partial charge is 0.375 e. The van der Waals surface area contributed by atoms with Crippen LogP contribution in [0.2, 0.25) is 0 Å². The molecule has 2 fully saturated rings. The van der Waals surface area contributed by atoms with Crippen LogP contribution in [-0.4, -0.2) is 21.7 Å². The maximum absolute atomic E-state index is 11.6. The van der Waals surface area contributed by atoms with Gasteiger partial charge in [0.1, 0.15) is 0 Å². The number of carbonyl (C=O) groups excluding carboxylic acids is 2. The van der Waals surface area contributed by atoms with Gasteiger partial charge in [-0.3, -0.25) is 14.5 Å². The van der Waals surface area contributed by atoms with Gasteiger partial charge in [-0.1, -0.05) is 0 Å². The van der Waals surface area contributed by atoms with Gasteiger partial charge in [-0.05, 0) is 6.42 Å². The number of likely N-dealkylation sites (tertiary alicyclic amines) is 1. The van der Waals surface area contributed by atoms with Gasteiger partial charge >= 0.3 is 0 Å². The van der Waals surface area contributed by atoms with Crippen LogP contribution in [0.1, 0.15) is 11.3 Å². The van der Waals surface area contributed by atoms with E-state index < -0.39 is 0 Å². The minimum atomic E-state index is -0.0306. The summed E-state index contributed by atoms with van der Waals surface area (Å²) in [7, 11) is 0. The summed E-state index contributed by atoms with van der Waals surface area (Å²) in [4.78, 5) is 29.3. The van der Waals surface area contributed by atoms with Gasteiger partial charge in [0, 0.05) is 11.1 Å². The van der Waals surface area contributed by atoms with E-state index in [1.165, 1.54) is 16.2 Å². The Kier molecular flexibility index (Phi) is 1.64. The van der Waals surface area contributed by atoms with E-state index >= 15 is 0 Å². The third-order valence-corrected chi connectivity index (χ3v) is 3.65. The minimum absolute atomic E-state index is 0.0252. The molecule has 2 N–H and O–H groups in total. The lowest BCUT2D eigenvalue weighted by molar-refractivity contribution is -0.141. The Hall–Kier alpha value is -1.43. The van der Waals surface area contributed by atoms with Crippen LogP contribution in [0.5, 0.6) is 0 Å². The molecular formula is C9H9N3O2S. The van der Waals surface area contributed by atoms with E-state index in [4.69, 9.17) is 5.73 Å². The van der Waals surface area contributed by atoms with Crippen LogP contribution in [0.15, 0.2) is 6.20 Å². The number of piperidine rings is 1. The Bertz CT molecular complexity index is 436. The molecule has 1 aliphatic heterocycles. The third-order valence-electron chi connectivity index (χ3n) is 2.84. The highest BCUT2D eigenvalue weighted by molar-refractivity contribution is 7.15. The fraction of sp³-hybridized carbons (Fsp3) is 0.444. The van der Waals surface area contributed by atoms with Gasteiger partial charge in [0.25, 0.3) is 0 Å². The fourth-order valence-corrected chi connectivity index (χ4v) is 2.63. The first-order chi connectivity index (χ1) is 7.16. The van der Waals surface area contributed by atoms with E-state index in [0.717, 1.165) is 11.3 Å². The van der Waals surface area contributed by atoms with Gasteiger partial charge < -0.3 is 5.73 Å². The second-order valence-electron chi connectivity index (χ2n) is 3.88. The first-order valence-corrected chi connectivity index (χ1v) is 5.54. The molecule has 1 aromatic rings. The van der Waals surface area contributed by atoms with Crippen LogP contribution < -0.4 is 5.73 Å². The highest BCUT2D eigenvalue weighted by atomic mass is 32.1. The van der Waals surface area contributed by atoms with Crippen molar-refractivity contribution >= 4 is 28.3 Å². The number of aromatic nitrogens is 1. The van der Waals surface area contributed by atoms with Gasteiger partial charge in [-0.2, -0.15) is 0 Å². The molecule has 78 valence electrons. The zero-order valence-corrected chi connectivity index (χ0v) is 8.66. The van der Waals surface area contributed by atoms with E-state index in [-0.39, 0.29) is 23.7 Å². The smallest absolute Gasteiger partial charge is 0.233 e. The Morgan fingerprint density at radius 1 is 1.47 bits per heavy atom. The lowest BCUT2D eigenvalue weighted by atomic mass is 10.4. The molecule has 0 radical (unpaired) electrons. The van der Waals surface area contributed by atoms with Crippen LogP contribution in [0.3, 0.4) is 0 Å². The number of rotatable bonds is 2. The number of anilines is 1. The third kappa shape index (κ3) is 1.25. The maximum Gasteiger partial charge on any atom is 0.233 e. The van der Waals surface area contributed by atoms with Crippen molar-refractivity contribution in [2.45, 2.75) is 13.0 Å². The first-order valence-electron chi connectivity index (χ1n) is 4.72. The number of amides is 2. The predicted molar refractivity (Wildman–Crippen MR) is 53.7 cm³/mol. The van der Waals surface area contributed by atoms with Crippen molar-refractivity contribution in [1.29, 1.82) is 0 Å². The van der Waals surface area contributed by atoms with Crippen molar-refractivity contribution in [2.24, 2.45) is 11.8 Å². The summed E-state index contributed by atoms with van der Waals surface area (Å²) in [5.41, 5.74) is 5.48. The quantitative estimate of drug-likeness (QED) is 0.728. The van der Waals surface area contributed by atoms with Crippen molar-refractivity contribution in [3.8, 4) is 0 Å². The van der Waals surface area contributed by atoms with Gasteiger partial charge in [-0.25, -0.2) is 4.98 Å². The summed E-state index contributed by atoms with van der Waals surface area (Å²) < 4.78 is 0. The molecule has 0 aromatic carbocycles. The highest BCUT2D eigenvalue weighted by Crippen LogP contribution is 2.47. The Labute approximate surface area is 89.9 Å². The molecule has 5 nitrogen and oxygen atoms in total. The summed E-state index contributed by atoms with van der Waals surface area (Å²) in [5, 5.41) is 0.467. The fourth-order valence-electron chi connectivity index (χ4n) is 1.96. The highest BCUT2D eigenvalue weighted by Gasteiger charge is 2.58. The van der Waals surface area contributed by atoms with Crippen molar-refractivity contribution in [3.05, 3.63) is 11.1 Å². The number of hydrogen-bond donors (Lipinski definition) is 1. The van der Waals surface area contributed by atoms with Crippen molar-refractivity contribution < 1.29 is 9.59 Å². The van der Waals surface area contributed by atoms with Gasteiger partial charge in [-0.15, -0.1) is 11.3 Å². The molecule has 0 bridgehead atoms. The van der Waals surface area contributed by atoms with E-state index in [1.54, 1.807) is 6.20 Å². The molecule has 2 atom stereocenters. The number of fused-ring (bicyclic) bond motifs is 1. The van der Waals surface area contributed by atoms with Gasteiger partial charge in [0.15, 0.2) is 5.13 Å². The van der Waals surface area contributed by atoms with E-state index in [1.807, 2.05) is 0 Å². The molecule has 1 aromatic heterocycles. The zero-order chi connectivity index (χ0) is 10.6. The topological polar surface area (TPSA) is 76.3 Å². The summed E-state index contributed by atoms with van der Waals surface area (Å²) in [6.07, 6.45) is 2.36. The van der Waals surface area contributed by atoms with Gasteiger partial charge in [0.2, 0.25) is 11.8 Å². The van der Waals surface area contributed by atoms with Crippen molar-refractivity contribution in [1.82, 2.24) is 9.88 Å². The first kappa shape index (κ1) is 8.84. The molecule has 2 aliphatic rings. The number of thiazole rings is 1. The van der Waals surface area contributed by atoms with Crippen LogP contribution in [0.25, 0.3) is 0 Å². The molecule has 0 spiro atoms. The second-order valence-corrected chi connectivity index (χ2v) is 5.02. The Morgan fingerprint density at radius 3 is 2.67 bits per heavy atom. The van der Waals surface area contributed by atoms with Crippen LogP contribution in [-0.2, 0) is 16.1 Å². The number of carbonyl (C=O) groups is 2. The molecule has 2 unspecified atom stereocenters. The molecule has 2 heterocycles. The number of hydrogen-bond acceptors (Lipinski definition) is 5. The van der Waals surface area contributed by atoms with E-state index in [0.29, 0.717) is 11.7 Å². The van der Waals surface area contributed by atoms with Crippen LogP contribution >= 0.6 is 11.3 Å². The molecule has 1 aliphatic carbocycles. The summed E-state index contributed by atoms with van der Waals surface area (Å²) in [6, 6.07) is 0.